The van der Waals surface area contributed by atoms with E-state index in [9.17, 15) is 0 Å². The molecular weight excluding hydrogens is 254 g/mol. The SMILES string of the molecule is Oc1ccc(Cc2ccc(Br)cn2)cc1. The Morgan fingerprint density at radius 3 is 2.40 bits per heavy atom. The van der Waals surface area contributed by atoms with Crippen LogP contribution in [-0.4, -0.2) is 10.1 Å². The lowest BCUT2D eigenvalue weighted by Crippen LogP contribution is -1.90. The van der Waals surface area contributed by atoms with Gasteiger partial charge in [-0.05, 0) is 45.8 Å². The summed E-state index contributed by atoms with van der Waals surface area (Å²) in [5, 5.41) is 9.14. The van der Waals surface area contributed by atoms with Gasteiger partial charge in [-0.15, -0.1) is 0 Å². The van der Waals surface area contributed by atoms with E-state index in [0.717, 1.165) is 22.2 Å². The summed E-state index contributed by atoms with van der Waals surface area (Å²) in [5.74, 6) is 0.294. The van der Waals surface area contributed by atoms with Crippen LogP contribution in [-0.2, 0) is 6.42 Å². The van der Waals surface area contributed by atoms with Crippen molar-refractivity contribution in [2.45, 2.75) is 6.42 Å². The fourth-order valence-electron chi connectivity index (χ4n) is 1.33. The van der Waals surface area contributed by atoms with Crippen molar-refractivity contribution < 1.29 is 5.11 Å². The van der Waals surface area contributed by atoms with Crippen LogP contribution in [0.1, 0.15) is 11.3 Å². The van der Waals surface area contributed by atoms with Crippen LogP contribution in [0.3, 0.4) is 0 Å². The molecule has 2 aromatic rings. The number of hydrogen-bond acceptors (Lipinski definition) is 2. The Morgan fingerprint density at radius 1 is 1.07 bits per heavy atom. The highest BCUT2D eigenvalue weighted by atomic mass is 79.9. The topological polar surface area (TPSA) is 33.1 Å². The van der Waals surface area contributed by atoms with Crippen LogP contribution in [0.4, 0.5) is 0 Å². The molecule has 0 atom stereocenters. The molecule has 1 aromatic carbocycles. The molecule has 1 N–H and O–H groups in total. The molecule has 0 bridgehead atoms. The number of hydrogen-bond donors (Lipinski definition) is 1. The van der Waals surface area contributed by atoms with E-state index in [1.165, 1.54) is 0 Å². The second-order valence-electron chi connectivity index (χ2n) is 3.31. The second-order valence-corrected chi connectivity index (χ2v) is 4.23. The Hall–Kier alpha value is -1.35. The minimum atomic E-state index is 0.294. The molecule has 0 fully saturated rings. The van der Waals surface area contributed by atoms with Gasteiger partial charge in [0.1, 0.15) is 5.75 Å². The highest BCUT2D eigenvalue weighted by Crippen LogP contribution is 2.14. The fourth-order valence-corrected chi connectivity index (χ4v) is 1.57. The summed E-state index contributed by atoms with van der Waals surface area (Å²) >= 11 is 3.34. The minimum Gasteiger partial charge on any atom is -0.508 e. The number of aromatic hydroxyl groups is 1. The lowest BCUT2D eigenvalue weighted by atomic mass is 10.1. The van der Waals surface area contributed by atoms with Gasteiger partial charge in [0.2, 0.25) is 0 Å². The molecule has 0 saturated heterocycles. The predicted octanol–water partition coefficient (Wildman–Crippen LogP) is 3.14. The molecule has 0 spiro atoms. The van der Waals surface area contributed by atoms with E-state index < -0.39 is 0 Å². The molecule has 15 heavy (non-hydrogen) atoms. The molecule has 2 rings (SSSR count). The summed E-state index contributed by atoms with van der Waals surface area (Å²) in [7, 11) is 0. The Bertz CT molecular complexity index is 393. The molecule has 0 aliphatic rings. The molecule has 1 aromatic heterocycles. The van der Waals surface area contributed by atoms with E-state index in [2.05, 4.69) is 20.9 Å². The van der Waals surface area contributed by atoms with E-state index in [0.29, 0.717) is 5.75 Å². The van der Waals surface area contributed by atoms with Crippen LogP contribution in [0.5, 0.6) is 5.75 Å². The summed E-state index contributed by atoms with van der Waals surface area (Å²) < 4.78 is 0.983. The summed E-state index contributed by atoms with van der Waals surface area (Å²) in [6, 6.07) is 11.1. The monoisotopic (exact) mass is 263 g/mol. The predicted molar refractivity (Wildman–Crippen MR) is 62.8 cm³/mol. The molecule has 0 saturated carbocycles. The third-order valence-corrected chi connectivity index (χ3v) is 2.58. The summed E-state index contributed by atoms with van der Waals surface area (Å²) in [4.78, 5) is 4.29. The first-order chi connectivity index (χ1) is 7.24. The molecule has 0 aliphatic heterocycles. The number of aromatic nitrogens is 1. The standard InChI is InChI=1S/C12H10BrNO/c13-10-3-4-11(14-8-10)7-9-1-5-12(15)6-2-9/h1-6,8,15H,7H2. The molecule has 0 radical (unpaired) electrons. The first kappa shape index (κ1) is 10.2. The quantitative estimate of drug-likeness (QED) is 0.903. The van der Waals surface area contributed by atoms with E-state index >= 15 is 0 Å². The van der Waals surface area contributed by atoms with Crippen molar-refractivity contribution in [1.82, 2.24) is 4.98 Å². The lowest BCUT2D eigenvalue weighted by molar-refractivity contribution is 0.475. The van der Waals surface area contributed by atoms with Gasteiger partial charge < -0.3 is 5.11 Å². The van der Waals surface area contributed by atoms with Crippen molar-refractivity contribution in [3.63, 3.8) is 0 Å². The summed E-state index contributed by atoms with van der Waals surface area (Å²) in [6.45, 7) is 0. The maximum atomic E-state index is 9.14. The molecule has 3 heteroatoms. The third-order valence-electron chi connectivity index (χ3n) is 2.11. The molecule has 0 aliphatic carbocycles. The highest BCUT2D eigenvalue weighted by Gasteiger charge is 1.97. The highest BCUT2D eigenvalue weighted by molar-refractivity contribution is 9.10. The van der Waals surface area contributed by atoms with E-state index in [-0.39, 0.29) is 0 Å². The van der Waals surface area contributed by atoms with Gasteiger partial charge >= 0.3 is 0 Å². The van der Waals surface area contributed by atoms with Crippen LogP contribution in [0.25, 0.3) is 0 Å². The van der Waals surface area contributed by atoms with Gasteiger partial charge in [-0.2, -0.15) is 0 Å². The number of pyridine rings is 1. The molecular formula is C12H10BrNO. The first-order valence-electron chi connectivity index (χ1n) is 4.62. The number of rotatable bonds is 2. The van der Waals surface area contributed by atoms with Crippen LogP contribution in [0.15, 0.2) is 47.1 Å². The number of nitrogens with zero attached hydrogens (tertiary/aromatic N) is 1. The van der Waals surface area contributed by atoms with Crippen molar-refractivity contribution in [2.24, 2.45) is 0 Å². The van der Waals surface area contributed by atoms with Crippen molar-refractivity contribution in [3.05, 3.63) is 58.3 Å². The van der Waals surface area contributed by atoms with Gasteiger partial charge in [0, 0.05) is 22.8 Å². The average Bonchev–Trinajstić information content (AvgIpc) is 2.25. The Balaban J connectivity index is 2.15. The molecule has 1 heterocycles. The van der Waals surface area contributed by atoms with Crippen molar-refractivity contribution in [1.29, 1.82) is 0 Å². The Kier molecular flexibility index (Phi) is 3.02. The maximum Gasteiger partial charge on any atom is 0.115 e. The molecule has 0 unspecified atom stereocenters. The van der Waals surface area contributed by atoms with Gasteiger partial charge in [0.15, 0.2) is 0 Å². The normalized spacial score (nSPS) is 10.2. The number of phenolic OH excluding ortho intramolecular Hbond substituents is 1. The Labute approximate surface area is 96.7 Å². The minimum absolute atomic E-state index is 0.294. The zero-order valence-corrected chi connectivity index (χ0v) is 9.61. The van der Waals surface area contributed by atoms with Gasteiger partial charge in [-0.1, -0.05) is 12.1 Å². The second kappa shape index (κ2) is 4.45. The van der Waals surface area contributed by atoms with Gasteiger partial charge in [-0.3, -0.25) is 4.98 Å². The summed E-state index contributed by atoms with van der Waals surface area (Å²) in [5.41, 5.74) is 2.16. The van der Waals surface area contributed by atoms with Crippen LogP contribution >= 0.6 is 15.9 Å². The van der Waals surface area contributed by atoms with Gasteiger partial charge in [0.25, 0.3) is 0 Å². The Morgan fingerprint density at radius 2 is 1.80 bits per heavy atom. The van der Waals surface area contributed by atoms with Crippen molar-refractivity contribution in [3.8, 4) is 5.75 Å². The summed E-state index contributed by atoms with van der Waals surface area (Å²) in [6.07, 6.45) is 2.57. The number of halogens is 1. The lowest BCUT2D eigenvalue weighted by Gasteiger charge is -2.01. The number of benzene rings is 1. The molecule has 76 valence electrons. The fraction of sp³-hybridized carbons (Fsp3) is 0.0833. The zero-order valence-electron chi connectivity index (χ0n) is 8.02. The van der Waals surface area contributed by atoms with Crippen LogP contribution in [0.2, 0.25) is 0 Å². The average molecular weight is 264 g/mol. The van der Waals surface area contributed by atoms with Crippen LogP contribution in [0, 0.1) is 0 Å². The van der Waals surface area contributed by atoms with E-state index in [1.54, 1.807) is 18.3 Å². The van der Waals surface area contributed by atoms with Gasteiger partial charge in [-0.25, -0.2) is 0 Å². The van der Waals surface area contributed by atoms with Gasteiger partial charge in [0.05, 0.1) is 0 Å². The first-order valence-corrected chi connectivity index (χ1v) is 5.42. The largest absolute Gasteiger partial charge is 0.508 e. The molecule has 0 amide bonds. The maximum absolute atomic E-state index is 9.14. The van der Waals surface area contributed by atoms with Crippen molar-refractivity contribution >= 4 is 15.9 Å². The van der Waals surface area contributed by atoms with E-state index in [1.807, 2.05) is 24.3 Å². The number of phenols is 1. The molecule has 2 nitrogen and oxygen atoms in total. The van der Waals surface area contributed by atoms with Crippen molar-refractivity contribution in [2.75, 3.05) is 0 Å². The zero-order chi connectivity index (χ0) is 10.7. The van der Waals surface area contributed by atoms with Crippen LogP contribution < -0.4 is 0 Å². The van der Waals surface area contributed by atoms with E-state index in [4.69, 9.17) is 5.11 Å². The third kappa shape index (κ3) is 2.80. The smallest absolute Gasteiger partial charge is 0.115 e.